The quantitative estimate of drug-likeness (QED) is 0.738. The number of piperazine rings is 1. The number of rotatable bonds is 3. The molecule has 4 nitrogen and oxygen atoms in total. The van der Waals surface area contributed by atoms with E-state index in [1.807, 2.05) is 0 Å². The molecule has 0 aromatic carbocycles. The Morgan fingerprint density at radius 1 is 1.18 bits per heavy atom. The topological polar surface area (TPSA) is 49.4 Å². The first-order valence-corrected chi connectivity index (χ1v) is 8.28. The van der Waals surface area contributed by atoms with E-state index in [2.05, 4.69) is 22.4 Å². The van der Waals surface area contributed by atoms with Crippen molar-refractivity contribution in [1.82, 2.24) is 10.2 Å². The number of allylic oxidation sites excluding steroid dienone is 1. The molecule has 0 atom stereocenters. The largest absolute Gasteiger partial charge is 0.314 e. The molecule has 0 aromatic rings. The van der Waals surface area contributed by atoms with Crippen molar-refractivity contribution in [2.75, 3.05) is 44.2 Å². The van der Waals surface area contributed by atoms with Gasteiger partial charge in [-0.1, -0.05) is 12.2 Å². The third-order valence-corrected chi connectivity index (χ3v) is 5.30. The van der Waals surface area contributed by atoms with E-state index in [1.54, 1.807) is 0 Å². The summed E-state index contributed by atoms with van der Waals surface area (Å²) in [6.07, 6.45) is 6.05. The lowest BCUT2D eigenvalue weighted by Crippen LogP contribution is -2.43. The summed E-state index contributed by atoms with van der Waals surface area (Å²) in [7, 11) is -2.71. The maximum absolute atomic E-state index is 11.3. The Morgan fingerprint density at radius 3 is 2.47 bits per heavy atom. The highest BCUT2D eigenvalue weighted by molar-refractivity contribution is 7.91. The summed E-state index contributed by atoms with van der Waals surface area (Å²) in [6, 6.07) is 0. The molecule has 2 aliphatic heterocycles. The van der Waals surface area contributed by atoms with Gasteiger partial charge in [0.25, 0.3) is 0 Å². The van der Waals surface area contributed by atoms with Gasteiger partial charge in [0.2, 0.25) is 0 Å². The van der Waals surface area contributed by atoms with Crippen molar-refractivity contribution in [1.29, 1.82) is 0 Å². The molecule has 0 saturated carbocycles. The highest BCUT2D eigenvalue weighted by Crippen LogP contribution is 2.19. The van der Waals surface area contributed by atoms with Crippen LogP contribution in [0.15, 0.2) is 12.2 Å². The van der Waals surface area contributed by atoms with Gasteiger partial charge in [-0.05, 0) is 18.8 Å². The molecule has 1 N–H and O–H groups in total. The summed E-state index contributed by atoms with van der Waals surface area (Å²) < 4.78 is 22.6. The lowest BCUT2D eigenvalue weighted by molar-refractivity contribution is 0.264. The minimum Gasteiger partial charge on any atom is -0.314 e. The van der Waals surface area contributed by atoms with Gasteiger partial charge in [-0.25, -0.2) is 8.42 Å². The Balaban J connectivity index is 1.70. The fourth-order valence-electron chi connectivity index (χ4n) is 2.40. The number of nitrogens with one attached hydrogen (secondary N) is 1. The lowest BCUT2D eigenvalue weighted by Gasteiger charge is -2.26. The summed E-state index contributed by atoms with van der Waals surface area (Å²) in [6.45, 7) is 5.39. The average Bonchev–Trinajstić information content (AvgIpc) is 2.33. The number of hydrogen-bond acceptors (Lipinski definition) is 4. The smallest absolute Gasteiger partial charge is 0.150 e. The van der Waals surface area contributed by atoms with Gasteiger partial charge in [-0.3, -0.25) is 4.90 Å². The highest BCUT2D eigenvalue weighted by atomic mass is 32.2. The van der Waals surface area contributed by atoms with Gasteiger partial charge >= 0.3 is 0 Å². The van der Waals surface area contributed by atoms with Crippen molar-refractivity contribution < 1.29 is 8.42 Å². The SMILES string of the molecule is O=S1(=O)CCC(/C=C\CN2CCNCC2)CC1. The van der Waals surface area contributed by atoms with Crippen molar-refractivity contribution in [2.24, 2.45) is 5.92 Å². The maximum Gasteiger partial charge on any atom is 0.150 e. The van der Waals surface area contributed by atoms with Gasteiger partial charge < -0.3 is 5.32 Å². The van der Waals surface area contributed by atoms with E-state index >= 15 is 0 Å². The van der Waals surface area contributed by atoms with E-state index in [9.17, 15) is 8.42 Å². The summed E-state index contributed by atoms with van der Waals surface area (Å²) in [5.41, 5.74) is 0. The standard InChI is InChI=1S/C12H22N2O2S/c15-17(16)10-3-12(4-11-17)2-1-7-14-8-5-13-6-9-14/h1-2,12-13H,3-11H2/b2-1-. The highest BCUT2D eigenvalue weighted by Gasteiger charge is 2.21. The first kappa shape index (κ1) is 13.1. The molecule has 0 unspecified atom stereocenters. The molecule has 0 bridgehead atoms. The normalized spacial score (nSPS) is 27.5. The van der Waals surface area contributed by atoms with Crippen LogP contribution in [0.25, 0.3) is 0 Å². The van der Waals surface area contributed by atoms with Crippen LogP contribution in [0.1, 0.15) is 12.8 Å². The van der Waals surface area contributed by atoms with Gasteiger partial charge in [-0.15, -0.1) is 0 Å². The molecule has 0 spiro atoms. The lowest BCUT2D eigenvalue weighted by atomic mass is 10.0. The van der Waals surface area contributed by atoms with Crippen LogP contribution in [0, 0.1) is 5.92 Å². The van der Waals surface area contributed by atoms with Crippen LogP contribution < -0.4 is 5.32 Å². The third-order valence-electron chi connectivity index (χ3n) is 3.58. The van der Waals surface area contributed by atoms with Crippen LogP contribution in [0.5, 0.6) is 0 Å². The van der Waals surface area contributed by atoms with Crippen molar-refractivity contribution >= 4 is 9.84 Å². The van der Waals surface area contributed by atoms with Crippen LogP contribution in [-0.2, 0) is 9.84 Å². The molecular weight excluding hydrogens is 236 g/mol. The van der Waals surface area contributed by atoms with E-state index in [0.29, 0.717) is 17.4 Å². The second-order valence-corrected chi connectivity index (χ2v) is 7.27. The Kier molecular flexibility index (Phi) is 4.59. The molecule has 5 heteroatoms. The zero-order chi connectivity index (χ0) is 12.1. The van der Waals surface area contributed by atoms with Crippen LogP contribution in [0.4, 0.5) is 0 Å². The molecular formula is C12H22N2O2S. The molecule has 0 aromatic heterocycles. The third kappa shape index (κ3) is 4.41. The summed E-state index contributed by atoms with van der Waals surface area (Å²) >= 11 is 0. The van der Waals surface area contributed by atoms with E-state index in [4.69, 9.17) is 0 Å². The number of sulfone groups is 1. The molecule has 0 amide bonds. The minimum atomic E-state index is -2.71. The predicted octanol–water partition coefficient (Wildman–Crippen LogP) is 0.273. The Hall–Kier alpha value is -0.390. The second kappa shape index (κ2) is 5.98. The van der Waals surface area contributed by atoms with Crippen molar-refractivity contribution in [2.45, 2.75) is 12.8 Å². The first-order chi connectivity index (χ1) is 8.16. The van der Waals surface area contributed by atoms with Crippen molar-refractivity contribution in [3.63, 3.8) is 0 Å². The van der Waals surface area contributed by atoms with Crippen LogP contribution >= 0.6 is 0 Å². The maximum atomic E-state index is 11.3. The first-order valence-electron chi connectivity index (χ1n) is 6.46. The van der Waals surface area contributed by atoms with Gasteiger partial charge in [0.05, 0.1) is 11.5 Å². The monoisotopic (exact) mass is 258 g/mol. The van der Waals surface area contributed by atoms with Crippen LogP contribution in [-0.4, -0.2) is 57.5 Å². The van der Waals surface area contributed by atoms with Gasteiger partial charge in [-0.2, -0.15) is 0 Å². The van der Waals surface area contributed by atoms with Gasteiger partial charge in [0.15, 0.2) is 0 Å². The number of hydrogen-bond donors (Lipinski definition) is 1. The fourth-order valence-corrected chi connectivity index (χ4v) is 3.92. The average molecular weight is 258 g/mol. The molecule has 17 heavy (non-hydrogen) atoms. The molecule has 2 fully saturated rings. The van der Waals surface area contributed by atoms with Crippen LogP contribution in [0.3, 0.4) is 0 Å². The predicted molar refractivity (Wildman–Crippen MR) is 69.8 cm³/mol. The Labute approximate surface area is 104 Å². The second-order valence-electron chi connectivity index (χ2n) is 4.97. The molecule has 98 valence electrons. The minimum absolute atomic E-state index is 0.371. The summed E-state index contributed by atoms with van der Waals surface area (Å²) in [4.78, 5) is 2.42. The summed E-state index contributed by atoms with van der Waals surface area (Å²) in [5.74, 6) is 1.21. The molecule has 0 aliphatic carbocycles. The summed E-state index contributed by atoms with van der Waals surface area (Å²) in [5, 5.41) is 3.33. The van der Waals surface area contributed by atoms with Crippen molar-refractivity contribution in [3.05, 3.63) is 12.2 Å². The zero-order valence-electron chi connectivity index (χ0n) is 10.3. The Morgan fingerprint density at radius 2 is 1.82 bits per heavy atom. The van der Waals surface area contributed by atoms with Gasteiger partial charge in [0, 0.05) is 32.7 Å². The van der Waals surface area contributed by atoms with E-state index in [1.165, 1.54) is 0 Å². The molecule has 0 radical (unpaired) electrons. The van der Waals surface area contributed by atoms with E-state index in [0.717, 1.165) is 45.6 Å². The van der Waals surface area contributed by atoms with Crippen LogP contribution in [0.2, 0.25) is 0 Å². The van der Waals surface area contributed by atoms with Gasteiger partial charge in [0.1, 0.15) is 9.84 Å². The zero-order valence-corrected chi connectivity index (χ0v) is 11.1. The molecule has 2 heterocycles. The van der Waals surface area contributed by atoms with Crippen molar-refractivity contribution in [3.8, 4) is 0 Å². The van der Waals surface area contributed by atoms with E-state index < -0.39 is 9.84 Å². The fraction of sp³-hybridized carbons (Fsp3) is 0.833. The Bertz CT molecular complexity index is 345. The molecule has 2 aliphatic rings. The number of nitrogens with zero attached hydrogens (tertiary/aromatic N) is 1. The van der Waals surface area contributed by atoms with E-state index in [-0.39, 0.29) is 0 Å². The molecule has 2 saturated heterocycles. The molecule has 2 rings (SSSR count).